The first-order valence-corrected chi connectivity index (χ1v) is 8.56. The van der Waals surface area contributed by atoms with Crippen LogP contribution in [0.25, 0.3) is 11.0 Å². The maximum Gasteiger partial charge on any atom is 0.167 e. The highest BCUT2D eigenvalue weighted by molar-refractivity contribution is 5.80. The zero-order valence-corrected chi connectivity index (χ0v) is 13.8. The number of fused-ring (bicyclic) bond motifs is 1. The summed E-state index contributed by atoms with van der Waals surface area (Å²) < 4.78 is 5.55. The van der Waals surface area contributed by atoms with Crippen LogP contribution in [-0.2, 0) is 5.41 Å². The van der Waals surface area contributed by atoms with E-state index in [0.29, 0.717) is 0 Å². The van der Waals surface area contributed by atoms with E-state index < -0.39 is 0 Å². The predicted molar refractivity (Wildman–Crippen MR) is 89.6 cm³/mol. The van der Waals surface area contributed by atoms with Crippen LogP contribution in [0.5, 0.6) is 0 Å². The van der Waals surface area contributed by atoms with Crippen LogP contribution in [0.15, 0.2) is 28.8 Å². The Morgan fingerprint density at radius 3 is 2.43 bits per heavy atom. The second-order valence-electron chi connectivity index (χ2n) is 6.50. The molecule has 1 unspecified atom stereocenters. The first kappa shape index (κ1) is 16.1. The third-order valence-electron chi connectivity index (χ3n) is 4.61. The van der Waals surface area contributed by atoms with Gasteiger partial charge in [0.2, 0.25) is 0 Å². The molecule has 0 spiro atoms. The Morgan fingerprint density at radius 2 is 1.67 bits per heavy atom. The van der Waals surface area contributed by atoms with Crippen molar-refractivity contribution < 1.29 is 4.52 Å². The fraction of sp³-hybridized carbons (Fsp3) is 0.632. The molecule has 0 aliphatic carbocycles. The summed E-state index contributed by atoms with van der Waals surface area (Å²) in [5.74, 6) is 0. The van der Waals surface area contributed by atoms with E-state index in [1.807, 2.05) is 12.1 Å². The highest BCUT2D eigenvalue weighted by atomic mass is 16.5. The normalized spacial score (nSPS) is 14.4. The molecule has 1 atom stereocenters. The van der Waals surface area contributed by atoms with Crippen molar-refractivity contribution in [2.75, 3.05) is 0 Å². The molecule has 116 valence electrons. The van der Waals surface area contributed by atoms with Gasteiger partial charge in [-0.05, 0) is 25.0 Å². The van der Waals surface area contributed by atoms with Crippen molar-refractivity contribution in [2.45, 2.75) is 77.6 Å². The fourth-order valence-corrected chi connectivity index (χ4v) is 3.19. The second-order valence-corrected chi connectivity index (χ2v) is 6.50. The summed E-state index contributed by atoms with van der Waals surface area (Å²) in [6.45, 7) is 6.90. The molecule has 21 heavy (non-hydrogen) atoms. The molecule has 1 aromatic heterocycles. The summed E-state index contributed by atoms with van der Waals surface area (Å²) in [4.78, 5) is 0. The van der Waals surface area contributed by atoms with Crippen LogP contribution in [0.4, 0.5) is 0 Å². The van der Waals surface area contributed by atoms with Crippen LogP contribution in [0.1, 0.15) is 77.8 Å². The van der Waals surface area contributed by atoms with Crippen molar-refractivity contribution in [1.82, 2.24) is 5.16 Å². The van der Waals surface area contributed by atoms with E-state index in [-0.39, 0.29) is 5.41 Å². The number of benzene rings is 1. The number of nitrogens with zero attached hydrogens (tertiary/aromatic N) is 1. The molecule has 0 saturated carbocycles. The lowest BCUT2D eigenvalue weighted by atomic mass is 9.76. The Balaban J connectivity index is 2.21. The Bertz CT molecular complexity index is 545. The van der Waals surface area contributed by atoms with E-state index in [1.165, 1.54) is 62.4 Å². The van der Waals surface area contributed by atoms with Crippen molar-refractivity contribution in [3.63, 3.8) is 0 Å². The van der Waals surface area contributed by atoms with Crippen LogP contribution in [0, 0.1) is 0 Å². The van der Waals surface area contributed by atoms with Gasteiger partial charge in [0.1, 0.15) is 0 Å². The number of para-hydroxylation sites is 1. The van der Waals surface area contributed by atoms with Gasteiger partial charge in [0.05, 0.1) is 5.69 Å². The SMILES string of the molecule is CCCCCCC(C)(CCCC)c1noc2ccccc12. The van der Waals surface area contributed by atoms with Crippen LogP contribution < -0.4 is 0 Å². The Labute approximate surface area is 128 Å². The zero-order valence-electron chi connectivity index (χ0n) is 13.8. The van der Waals surface area contributed by atoms with E-state index in [9.17, 15) is 0 Å². The maximum absolute atomic E-state index is 5.55. The second kappa shape index (κ2) is 7.63. The molecule has 2 aromatic rings. The standard InChI is InChI=1S/C19H29NO/c1-4-6-8-11-15-19(3,14-7-5-2)18-16-12-9-10-13-17(16)21-20-18/h9-10,12-13H,4-8,11,14-15H2,1-3H3. The number of hydrogen-bond acceptors (Lipinski definition) is 2. The zero-order chi connectivity index (χ0) is 15.1. The summed E-state index contributed by atoms with van der Waals surface area (Å²) >= 11 is 0. The molecule has 0 N–H and O–H groups in total. The average Bonchev–Trinajstić information content (AvgIpc) is 2.94. The minimum atomic E-state index is 0.149. The lowest BCUT2D eigenvalue weighted by molar-refractivity contribution is 0.336. The summed E-state index contributed by atoms with van der Waals surface area (Å²) in [6.07, 6.45) is 10.1. The van der Waals surface area contributed by atoms with Crippen LogP contribution in [-0.4, -0.2) is 5.16 Å². The van der Waals surface area contributed by atoms with Crippen LogP contribution in [0.3, 0.4) is 0 Å². The van der Waals surface area contributed by atoms with Crippen molar-refractivity contribution >= 4 is 11.0 Å². The highest BCUT2D eigenvalue weighted by Crippen LogP contribution is 2.38. The number of unbranched alkanes of at least 4 members (excludes halogenated alkanes) is 4. The van der Waals surface area contributed by atoms with Gasteiger partial charge in [-0.1, -0.05) is 76.6 Å². The summed E-state index contributed by atoms with van der Waals surface area (Å²) in [5.41, 5.74) is 2.24. The Hall–Kier alpha value is -1.31. The molecular weight excluding hydrogens is 258 g/mol. The van der Waals surface area contributed by atoms with Gasteiger partial charge in [-0.15, -0.1) is 0 Å². The van der Waals surface area contributed by atoms with Gasteiger partial charge in [-0.2, -0.15) is 0 Å². The van der Waals surface area contributed by atoms with E-state index in [2.05, 4.69) is 38.1 Å². The third kappa shape index (κ3) is 3.87. The van der Waals surface area contributed by atoms with Gasteiger partial charge in [0, 0.05) is 10.8 Å². The quantitative estimate of drug-likeness (QED) is 0.510. The van der Waals surface area contributed by atoms with Crippen molar-refractivity contribution in [3.8, 4) is 0 Å². The molecule has 2 rings (SSSR count). The summed E-state index contributed by atoms with van der Waals surface area (Å²) in [7, 11) is 0. The molecule has 2 nitrogen and oxygen atoms in total. The molecule has 2 heteroatoms. The summed E-state index contributed by atoms with van der Waals surface area (Å²) in [5, 5.41) is 5.64. The minimum Gasteiger partial charge on any atom is -0.356 e. The first-order valence-electron chi connectivity index (χ1n) is 8.56. The molecule has 0 amide bonds. The van der Waals surface area contributed by atoms with Crippen LogP contribution in [0.2, 0.25) is 0 Å². The molecule has 1 heterocycles. The fourth-order valence-electron chi connectivity index (χ4n) is 3.19. The lowest BCUT2D eigenvalue weighted by Crippen LogP contribution is -2.23. The third-order valence-corrected chi connectivity index (χ3v) is 4.61. The molecule has 0 aliphatic rings. The van der Waals surface area contributed by atoms with E-state index in [1.54, 1.807) is 0 Å². The minimum absolute atomic E-state index is 0.149. The van der Waals surface area contributed by atoms with E-state index in [0.717, 1.165) is 5.58 Å². The van der Waals surface area contributed by atoms with Gasteiger partial charge in [-0.25, -0.2) is 0 Å². The number of aromatic nitrogens is 1. The number of rotatable bonds is 9. The molecule has 1 aromatic carbocycles. The Morgan fingerprint density at radius 1 is 0.952 bits per heavy atom. The van der Waals surface area contributed by atoms with Gasteiger partial charge >= 0.3 is 0 Å². The van der Waals surface area contributed by atoms with Crippen molar-refractivity contribution in [3.05, 3.63) is 30.0 Å². The van der Waals surface area contributed by atoms with Crippen LogP contribution >= 0.6 is 0 Å². The monoisotopic (exact) mass is 287 g/mol. The smallest absolute Gasteiger partial charge is 0.167 e. The topological polar surface area (TPSA) is 26.0 Å². The molecule has 0 aliphatic heterocycles. The van der Waals surface area contributed by atoms with Crippen molar-refractivity contribution in [2.24, 2.45) is 0 Å². The first-order chi connectivity index (χ1) is 10.2. The van der Waals surface area contributed by atoms with Crippen molar-refractivity contribution in [1.29, 1.82) is 0 Å². The van der Waals surface area contributed by atoms with E-state index >= 15 is 0 Å². The number of hydrogen-bond donors (Lipinski definition) is 0. The highest BCUT2D eigenvalue weighted by Gasteiger charge is 2.30. The van der Waals surface area contributed by atoms with Gasteiger partial charge in [0.25, 0.3) is 0 Å². The summed E-state index contributed by atoms with van der Waals surface area (Å²) in [6, 6.07) is 8.27. The molecule has 0 fully saturated rings. The molecule has 0 radical (unpaired) electrons. The van der Waals surface area contributed by atoms with Gasteiger partial charge in [-0.3, -0.25) is 0 Å². The maximum atomic E-state index is 5.55. The average molecular weight is 287 g/mol. The van der Waals surface area contributed by atoms with Gasteiger partial charge in [0.15, 0.2) is 5.58 Å². The van der Waals surface area contributed by atoms with E-state index in [4.69, 9.17) is 4.52 Å². The lowest BCUT2D eigenvalue weighted by Gasteiger charge is -2.28. The molecule has 0 saturated heterocycles. The molecular formula is C19H29NO. The Kier molecular flexibility index (Phi) is 5.84. The van der Waals surface area contributed by atoms with Gasteiger partial charge < -0.3 is 4.52 Å². The molecule has 0 bridgehead atoms. The largest absolute Gasteiger partial charge is 0.356 e. The predicted octanol–water partition coefficient (Wildman–Crippen LogP) is 6.25.